The van der Waals surface area contributed by atoms with Crippen LogP contribution in [0.2, 0.25) is 51.9 Å². The first-order chi connectivity index (χ1) is 12.4. The summed E-state index contributed by atoms with van der Waals surface area (Å²) in [5.41, 5.74) is 0. The minimum Gasteiger partial charge on any atom is -0.463 e. The molecule has 0 rings (SSSR count). The molecule has 0 unspecified atom stereocenters. The Balaban J connectivity index is 4.46. The van der Waals surface area contributed by atoms with Crippen LogP contribution in [-0.2, 0) is 27.3 Å². The van der Waals surface area contributed by atoms with Crippen molar-refractivity contribution >= 4 is 37.1 Å². The predicted octanol–water partition coefficient (Wildman–Crippen LogP) is 4.36. The van der Waals surface area contributed by atoms with Crippen molar-refractivity contribution < 1.29 is 40.5 Å². The largest absolute Gasteiger partial charge is 0.463 e. The van der Waals surface area contributed by atoms with Gasteiger partial charge in [0.25, 0.3) is 0 Å². The van der Waals surface area contributed by atoms with E-state index in [-0.39, 0.29) is 6.61 Å². The van der Waals surface area contributed by atoms with Gasteiger partial charge in [-0.05, 0) is 58.3 Å². The normalized spacial score (nSPS) is 13.6. The predicted molar refractivity (Wildman–Crippen MR) is 107 cm³/mol. The van der Waals surface area contributed by atoms with Crippen LogP contribution in [0, 0.1) is 0 Å². The Morgan fingerprint density at radius 2 is 1.25 bits per heavy atom. The van der Waals surface area contributed by atoms with Crippen molar-refractivity contribution in [3.63, 3.8) is 0 Å². The van der Waals surface area contributed by atoms with Crippen LogP contribution in [0.25, 0.3) is 0 Å². The second kappa shape index (κ2) is 10.7. The van der Waals surface area contributed by atoms with Crippen molar-refractivity contribution in [2.75, 3.05) is 13.2 Å². The Morgan fingerprint density at radius 1 is 0.821 bits per heavy atom. The summed E-state index contributed by atoms with van der Waals surface area (Å²) in [6.07, 6.45) is -2.74. The fraction of sp³-hybridized carbons (Fsp3) is 0.750. The Bertz CT molecular complexity index is 537. The van der Waals surface area contributed by atoms with Gasteiger partial charge in [0.05, 0.1) is 6.61 Å². The van der Waals surface area contributed by atoms with Gasteiger partial charge in [0, 0.05) is 12.2 Å². The molecule has 12 heteroatoms. The second-order valence-corrected chi connectivity index (χ2v) is 21.2. The van der Waals surface area contributed by atoms with Crippen LogP contribution in [0.3, 0.4) is 0 Å². The maximum atomic E-state index is 11.9. The molecule has 0 saturated carbocycles. The summed E-state index contributed by atoms with van der Waals surface area (Å²) < 4.78 is 57.3. The first-order valence-corrected chi connectivity index (χ1v) is 18.2. The van der Waals surface area contributed by atoms with E-state index in [0.717, 1.165) is 6.08 Å². The molecule has 0 aromatic rings. The highest BCUT2D eigenvalue weighted by molar-refractivity contribution is 6.87. The van der Waals surface area contributed by atoms with E-state index < -0.39 is 49.9 Å². The zero-order valence-corrected chi connectivity index (χ0v) is 20.6. The molecule has 0 fully saturated rings. The number of halogens is 3. The highest BCUT2D eigenvalue weighted by Gasteiger charge is 2.39. The number of ether oxygens (including phenoxy) is 2. The van der Waals surface area contributed by atoms with Crippen LogP contribution in [0.4, 0.5) is 13.2 Å². The first-order valence-electron chi connectivity index (χ1n) is 8.90. The molecule has 0 atom stereocenters. The van der Waals surface area contributed by atoms with Crippen LogP contribution < -0.4 is 0 Å². The summed E-state index contributed by atoms with van der Waals surface area (Å²) in [6, 6.07) is 0.645. The van der Waals surface area contributed by atoms with Crippen LogP contribution in [0.15, 0.2) is 12.2 Å². The molecule has 0 bridgehead atoms. The molecule has 0 aromatic carbocycles. The smallest absolute Gasteiger partial charge is 0.422 e. The Kier molecular flexibility index (Phi) is 10.3. The molecule has 0 N–H and O–H groups in total. The van der Waals surface area contributed by atoms with Crippen molar-refractivity contribution in [2.45, 2.75) is 64.5 Å². The number of rotatable bonds is 11. The fourth-order valence-corrected chi connectivity index (χ4v) is 14.9. The summed E-state index contributed by atoms with van der Waals surface area (Å²) in [7, 11) is -6.05. The SMILES string of the molecule is C[Si](C)(C)O[Si](C)(CCCOC(=O)C=CC(=O)OCC(F)(F)F)O[Si](C)(C)C. The van der Waals surface area contributed by atoms with Gasteiger partial charge in [0.2, 0.25) is 0 Å². The highest BCUT2D eigenvalue weighted by Crippen LogP contribution is 2.25. The van der Waals surface area contributed by atoms with Crippen molar-refractivity contribution in [3.8, 4) is 0 Å². The highest BCUT2D eigenvalue weighted by atomic mass is 28.5. The standard InChI is InChI=1S/C16H31F3O6Si3/c1-26(2,3)24-28(7,25-27(4,5)6)12-8-11-22-14(20)9-10-15(21)23-13-16(17,18)19/h9-10H,8,11-13H2,1-7H3. The number of alkyl halides is 3. The third kappa shape index (κ3) is 16.0. The number of hydrogen-bond donors (Lipinski definition) is 0. The second-order valence-electron chi connectivity index (χ2n) is 8.39. The van der Waals surface area contributed by atoms with E-state index in [1.165, 1.54) is 0 Å². The molecule has 6 nitrogen and oxygen atoms in total. The number of hydrogen-bond acceptors (Lipinski definition) is 6. The molecule has 0 aliphatic carbocycles. The van der Waals surface area contributed by atoms with E-state index in [1.54, 1.807) is 0 Å². The van der Waals surface area contributed by atoms with E-state index in [4.69, 9.17) is 13.0 Å². The minimum atomic E-state index is -4.61. The van der Waals surface area contributed by atoms with Crippen LogP contribution in [0.1, 0.15) is 6.42 Å². The summed E-state index contributed by atoms with van der Waals surface area (Å²) in [4.78, 5) is 22.6. The zero-order valence-electron chi connectivity index (χ0n) is 17.6. The Labute approximate surface area is 167 Å². The monoisotopic (exact) mass is 460 g/mol. The summed E-state index contributed by atoms with van der Waals surface area (Å²) >= 11 is 0. The topological polar surface area (TPSA) is 71.1 Å². The molecule has 0 aliphatic rings. The van der Waals surface area contributed by atoms with Gasteiger partial charge in [-0.3, -0.25) is 0 Å². The number of carbonyl (C=O) groups is 2. The van der Waals surface area contributed by atoms with E-state index in [0.29, 0.717) is 18.5 Å². The van der Waals surface area contributed by atoms with Crippen molar-refractivity contribution in [1.29, 1.82) is 0 Å². The van der Waals surface area contributed by atoms with Crippen molar-refractivity contribution in [2.24, 2.45) is 0 Å². The van der Waals surface area contributed by atoms with Gasteiger partial charge in [-0.2, -0.15) is 13.2 Å². The molecular formula is C16H31F3O6Si3. The lowest BCUT2D eigenvalue weighted by Crippen LogP contribution is -2.52. The van der Waals surface area contributed by atoms with Crippen LogP contribution >= 0.6 is 0 Å². The number of esters is 2. The molecular weight excluding hydrogens is 429 g/mol. The molecule has 0 aliphatic heterocycles. The van der Waals surface area contributed by atoms with Gasteiger partial charge in [-0.25, -0.2) is 9.59 Å². The fourth-order valence-electron chi connectivity index (χ4n) is 2.37. The minimum absolute atomic E-state index is 0.0908. The van der Waals surface area contributed by atoms with E-state index >= 15 is 0 Å². The lowest BCUT2D eigenvalue weighted by Gasteiger charge is -2.38. The number of carbonyl (C=O) groups excluding carboxylic acids is 2. The van der Waals surface area contributed by atoms with Gasteiger partial charge in [0.15, 0.2) is 23.2 Å². The molecule has 0 saturated heterocycles. The van der Waals surface area contributed by atoms with Crippen molar-refractivity contribution in [3.05, 3.63) is 12.2 Å². The quantitative estimate of drug-likeness (QED) is 0.197. The molecule has 0 aromatic heterocycles. The van der Waals surface area contributed by atoms with E-state index in [9.17, 15) is 22.8 Å². The molecule has 28 heavy (non-hydrogen) atoms. The molecule has 0 radical (unpaired) electrons. The van der Waals surface area contributed by atoms with Gasteiger partial charge in [-0.1, -0.05) is 0 Å². The zero-order chi connectivity index (χ0) is 22.2. The summed E-state index contributed by atoms with van der Waals surface area (Å²) in [5.74, 6) is -2.09. The molecule has 0 amide bonds. The van der Waals surface area contributed by atoms with Crippen molar-refractivity contribution in [1.82, 2.24) is 0 Å². The molecule has 164 valence electrons. The first kappa shape index (κ1) is 27.0. The lowest BCUT2D eigenvalue weighted by molar-refractivity contribution is -0.182. The summed E-state index contributed by atoms with van der Waals surface area (Å²) in [6.45, 7) is 13.0. The maximum absolute atomic E-state index is 11.9. The van der Waals surface area contributed by atoms with E-state index in [2.05, 4.69) is 44.0 Å². The molecule has 0 spiro atoms. The Morgan fingerprint density at radius 3 is 1.64 bits per heavy atom. The van der Waals surface area contributed by atoms with Gasteiger partial charge in [0.1, 0.15) is 0 Å². The third-order valence-electron chi connectivity index (χ3n) is 2.80. The average Bonchev–Trinajstić information content (AvgIpc) is 2.42. The van der Waals surface area contributed by atoms with E-state index in [1.807, 2.05) is 6.55 Å². The Hall–Kier alpha value is -0.959. The molecule has 0 heterocycles. The average molecular weight is 461 g/mol. The van der Waals surface area contributed by atoms with Gasteiger partial charge in [-0.15, -0.1) is 0 Å². The van der Waals surface area contributed by atoms with Gasteiger partial charge >= 0.3 is 26.7 Å². The van der Waals surface area contributed by atoms with Gasteiger partial charge < -0.3 is 17.7 Å². The lowest BCUT2D eigenvalue weighted by atomic mass is 10.5. The third-order valence-corrected chi connectivity index (χ3v) is 12.4. The van der Waals surface area contributed by atoms with Crippen LogP contribution in [-0.4, -0.2) is 56.5 Å². The maximum Gasteiger partial charge on any atom is 0.422 e. The summed E-state index contributed by atoms with van der Waals surface area (Å²) in [5, 5.41) is 0. The van der Waals surface area contributed by atoms with Crippen LogP contribution in [0.5, 0.6) is 0 Å².